The number of thiophene rings is 1. The largest absolute Gasteiger partial charge is 0.491 e. The number of rotatable bonds is 2. The molecule has 0 saturated heterocycles. The molecule has 1 atom stereocenters. The van der Waals surface area contributed by atoms with Crippen LogP contribution in [0.15, 0.2) is 29.6 Å². The Balaban J connectivity index is 1.57. The zero-order chi connectivity index (χ0) is 15.1. The van der Waals surface area contributed by atoms with E-state index < -0.39 is 0 Å². The van der Waals surface area contributed by atoms with Crippen molar-refractivity contribution in [2.24, 2.45) is 0 Å². The minimum Gasteiger partial charge on any atom is -0.491 e. The molecule has 3 aromatic rings. The number of hydrogen-bond donors (Lipinski definition) is 2. The first-order valence-corrected chi connectivity index (χ1v) is 7.75. The number of halogens is 1. The summed E-state index contributed by atoms with van der Waals surface area (Å²) >= 11 is 1.52. The van der Waals surface area contributed by atoms with E-state index in [1.807, 2.05) is 11.4 Å². The minimum atomic E-state index is -0.288. The van der Waals surface area contributed by atoms with Gasteiger partial charge in [0.2, 0.25) is 5.95 Å². The number of anilines is 2. The van der Waals surface area contributed by atoms with Crippen LogP contribution < -0.4 is 15.8 Å². The lowest BCUT2D eigenvalue weighted by molar-refractivity contribution is 0.270. The number of ether oxygens (including phenoxy) is 1. The van der Waals surface area contributed by atoms with Crippen molar-refractivity contribution < 1.29 is 9.13 Å². The molecule has 3 heterocycles. The van der Waals surface area contributed by atoms with Crippen LogP contribution in [0.4, 0.5) is 16.2 Å². The van der Waals surface area contributed by atoms with Crippen molar-refractivity contribution in [2.45, 2.75) is 12.5 Å². The van der Waals surface area contributed by atoms with Crippen LogP contribution in [0.2, 0.25) is 0 Å². The number of benzene rings is 1. The summed E-state index contributed by atoms with van der Waals surface area (Å²) < 4.78 is 18.8. The van der Waals surface area contributed by atoms with Crippen LogP contribution in [-0.4, -0.2) is 22.6 Å². The molecule has 3 N–H and O–H groups in total. The standard InChI is InChI=1S/C15H13FN4OS/c16-9-2-1-8-5-10(7-21-12(8)6-9)18-15-19-13(17)11-3-4-22-14(11)20-15/h1-4,6,10H,5,7H2,(H3,17,18,19,20). The average molecular weight is 316 g/mol. The lowest BCUT2D eigenvalue weighted by Gasteiger charge is -2.26. The Morgan fingerprint density at radius 1 is 1.32 bits per heavy atom. The molecule has 5 nitrogen and oxygen atoms in total. The summed E-state index contributed by atoms with van der Waals surface area (Å²) in [6.45, 7) is 0.433. The highest BCUT2D eigenvalue weighted by Gasteiger charge is 2.21. The van der Waals surface area contributed by atoms with E-state index in [4.69, 9.17) is 10.5 Å². The fraction of sp³-hybridized carbons (Fsp3) is 0.200. The van der Waals surface area contributed by atoms with E-state index in [1.54, 1.807) is 6.07 Å². The van der Waals surface area contributed by atoms with Gasteiger partial charge in [-0.05, 0) is 29.5 Å². The molecule has 0 fully saturated rings. The van der Waals surface area contributed by atoms with Gasteiger partial charge >= 0.3 is 0 Å². The van der Waals surface area contributed by atoms with Crippen LogP contribution in [0, 0.1) is 5.82 Å². The molecule has 0 radical (unpaired) electrons. The van der Waals surface area contributed by atoms with Gasteiger partial charge in [0.1, 0.15) is 28.8 Å². The van der Waals surface area contributed by atoms with E-state index in [1.165, 1.54) is 23.5 Å². The SMILES string of the molecule is Nc1nc(NC2COc3cc(F)ccc3C2)nc2sccc12. The van der Waals surface area contributed by atoms with Crippen molar-refractivity contribution in [1.82, 2.24) is 9.97 Å². The van der Waals surface area contributed by atoms with Gasteiger partial charge < -0.3 is 15.8 Å². The Morgan fingerprint density at radius 2 is 2.23 bits per heavy atom. The number of hydrogen-bond acceptors (Lipinski definition) is 6. The Bertz CT molecular complexity index is 851. The maximum Gasteiger partial charge on any atom is 0.226 e. The zero-order valence-corrected chi connectivity index (χ0v) is 12.4. The summed E-state index contributed by atoms with van der Waals surface area (Å²) in [4.78, 5) is 9.60. The molecule has 0 amide bonds. The molecule has 4 rings (SSSR count). The van der Waals surface area contributed by atoms with Gasteiger partial charge in [-0.25, -0.2) is 9.37 Å². The fourth-order valence-electron chi connectivity index (χ4n) is 2.56. The zero-order valence-electron chi connectivity index (χ0n) is 11.5. The highest BCUT2D eigenvalue weighted by molar-refractivity contribution is 7.16. The molecule has 22 heavy (non-hydrogen) atoms. The summed E-state index contributed by atoms with van der Waals surface area (Å²) in [5, 5.41) is 6.05. The van der Waals surface area contributed by atoms with E-state index >= 15 is 0 Å². The van der Waals surface area contributed by atoms with Crippen molar-refractivity contribution in [3.63, 3.8) is 0 Å². The number of fused-ring (bicyclic) bond motifs is 2. The van der Waals surface area contributed by atoms with Crippen LogP contribution in [0.3, 0.4) is 0 Å². The third kappa shape index (κ3) is 2.33. The third-order valence-electron chi connectivity index (χ3n) is 3.62. The maximum atomic E-state index is 13.2. The van der Waals surface area contributed by atoms with Crippen LogP contribution in [0.1, 0.15) is 5.56 Å². The number of nitrogen functional groups attached to an aromatic ring is 1. The highest BCUT2D eigenvalue weighted by Crippen LogP contribution is 2.28. The second-order valence-corrected chi connectivity index (χ2v) is 6.07. The van der Waals surface area contributed by atoms with E-state index in [-0.39, 0.29) is 11.9 Å². The van der Waals surface area contributed by atoms with E-state index in [0.717, 1.165) is 22.2 Å². The molecule has 0 spiro atoms. The Morgan fingerprint density at radius 3 is 3.14 bits per heavy atom. The molecular formula is C15H13FN4OS. The first-order chi connectivity index (χ1) is 10.7. The molecule has 7 heteroatoms. The molecule has 1 aliphatic heterocycles. The van der Waals surface area contributed by atoms with Gasteiger partial charge in [-0.2, -0.15) is 4.98 Å². The lowest BCUT2D eigenvalue weighted by Crippen LogP contribution is -2.33. The molecule has 1 aromatic carbocycles. The van der Waals surface area contributed by atoms with Crippen molar-refractivity contribution in [1.29, 1.82) is 0 Å². The molecule has 1 aliphatic rings. The molecule has 0 aliphatic carbocycles. The number of nitrogens with two attached hydrogens (primary N) is 1. The summed E-state index contributed by atoms with van der Waals surface area (Å²) in [5.74, 6) is 1.27. The normalized spacial score (nSPS) is 17.0. The highest BCUT2D eigenvalue weighted by atomic mass is 32.1. The summed E-state index contributed by atoms with van der Waals surface area (Å²) in [6, 6.07) is 6.54. The minimum absolute atomic E-state index is 0.0229. The van der Waals surface area contributed by atoms with E-state index in [9.17, 15) is 4.39 Å². The molecule has 1 unspecified atom stereocenters. The van der Waals surface area contributed by atoms with E-state index in [0.29, 0.717) is 24.1 Å². The Hall–Kier alpha value is -2.41. The average Bonchev–Trinajstić information content (AvgIpc) is 2.96. The van der Waals surface area contributed by atoms with Gasteiger partial charge in [-0.3, -0.25) is 0 Å². The van der Waals surface area contributed by atoms with Gasteiger partial charge in [0.25, 0.3) is 0 Å². The van der Waals surface area contributed by atoms with Gasteiger partial charge in [0, 0.05) is 6.07 Å². The second kappa shape index (κ2) is 5.10. The second-order valence-electron chi connectivity index (χ2n) is 5.18. The molecule has 112 valence electrons. The number of aromatic nitrogens is 2. The van der Waals surface area contributed by atoms with Crippen molar-refractivity contribution >= 4 is 33.3 Å². The molecule has 0 saturated carbocycles. The predicted octanol–water partition coefficient (Wildman–Crippen LogP) is 2.83. The summed E-state index contributed by atoms with van der Waals surface area (Å²) in [6.07, 6.45) is 0.724. The quantitative estimate of drug-likeness (QED) is 0.760. The topological polar surface area (TPSA) is 73.1 Å². The maximum absolute atomic E-state index is 13.2. The Labute approximate surface area is 130 Å². The molecule has 2 aromatic heterocycles. The van der Waals surface area contributed by atoms with Gasteiger partial charge in [0.05, 0.1) is 11.4 Å². The van der Waals surface area contributed by atoms with Crippen LogP contribution in [0.5, 0.6) is 5.75 Å². The van der Waals surface area contributed by atoms with Crippen molar-refractivity contribution in [2.75, 3.05) is 17.7 Å². The van der Waals surface area contributed by atoms with E-state index in [2.05, 4.69) is 15.3 Å². The van der Waals surface area contributed by atoms with Gasteiger partial charge in [-0.15, -0.1) is 11.3 Å². The Kier molecular flexibility index (Phi) is 3.07. The van der Waals surface area contributed by atoms with Crippen LogP contribution in [0.25, 0.3) is 10.2 Å². The summed E-state index contributed by atoms with van der Waals surface area (Å²) in [7, 11) is 0. The lowest BCUT2D eigenvalue weighted by atomic mass is 10.0. The van der Waals surface area contributed by atoms with Crippen LogP contribution >= 0.6 is 11.3 Å². The smallest absolute Gasteiger partial charge is 0.226 e. The monoisotopic (exact) mass is 316 g/mol. The number of nitrogens with one attached hydrogen (secondary N) is 1. The first kappa shape index (κ1) is 13.3. The number of nitrogens with zero attached hydrogens (tertiary/aromatic N) is 2. The van der Waals surface area contributed by atoms with Crippen molar-refractivity contribution in [3.8, 4) is 5.75 Å². The predicted molar refractivity (Wildman–Crippen MR) is 84.8 cm³/mol. The van der Waals surface area contributed by atoms with Gasteiger partial charge in [-0.1, -0.05) is 6.07 Å². The van der Waals surface area contributed by atoms with Crippen molar-refractivity contribution in [3.05, 3.63) is 41.0 Å². The molecular weight excluding hydrogens is 303 g/mol. The fourth-order valence-corrected chi connectivity index (χ4v) is 3.34. The molecule has 0 bridgehead atoms. The summed E-state index contributed by atoms with van der Waals surface area (Å²) in [5.41, 5.74) is 6.91. The third-order valence-corrected chi connectivity index (χ3v) is 4.43. The van der Waals surface area contributed by atoms with Crippen LogP contribution in [-0.2, 0) is 6.42 Å². The van der Waals surface area contributed by atoms with Gasteiger partial charge in [0.15, 0.2) is 0 Å². The first-order valence-electron chi connectivity index (χ1n) is 6.87.